The predicted molar refractivity (Wildman–Crippen MR) is 93.2 cm³/mol. The number of rotatable bonds is 2. The first-order chi connectivity index (χ1) is 10.6. The Kier molecular flexibility index (Phi) is 5.43. The zero-order valence-corrected chi connectivity index (χ0v) is 14.9. The van der Waals surface area contributed by atoms with Gasteiger partial charge in [-0.25, -0.2) is 0 Å². The second kappa shape index (κ2) is 7.33. The summed E-state index contributed by atoms with van der Waals surface area (Å²) in [6, 6.07) is 2.19. The summed E-state index contributed by atoms with van der Waals surface area (Å²) in [6.45, 7) is 2.41. The number of piperidine rings is 1. The maximum Gasteiger partial charge on any atom is 0.102 e. The largest absolute Gasteiger partial charge is 0.366 e. The summed E-state index contributed by atoms with van der Waals surface area (Å²) < 4.78 is 0. The minimum absolute atomic E-state index is 0.588. The summed E-state index contributed by atoms with van der Waals surface area (Å²) in [5.41, 5.74) is 0. The van der Waals surface area contributed by atoms with Gasteiger partial charge in [-0.15, -0.1) is 0 Å². The SMILES string of the molecule is CC1CC(N=C(C2CCCCC2)N(C)C)C2CCCCC2[NH2+]1. The molecule has 126 valence electrons. The van der Waals surface area contributed by atoms with Crippen LogP contribution < -0.4 is 5.32 Å². The van der Waals surface area contributed by atoms with E-state index in [1.54, 1.807) is 0 Å². The standard InChI is InChI=1S/C19H35N3/c1-14-13-18(16-11-7-8-12-17(16)20-14)21-19(22(2)3)15-9-5-4-6-10-15/h14-18,20H,4-13H2,1-3H3/p+1. The Morgan fingerprint density at radius 1 is 0.955 bits per heavy atom. The van der Waals surface area contributed by atoms with Crippen molar-refractivity contribution in [3.05, 3.63) is 0 Å². The molecule has 0 aromatic heterocycles. The van der Waals surface area contributed by atoms with Crippen LogP contribution in [0.2, 0.25) is 0 Å². The first kappa shape index (κ1) is 16.3. The zero-order chi connectivity index (χ0) is 15.5. The lowest BCUT2D eigenvalue weighted by atomic mass is 9.75. The van der Waals surface area contributed by atoms with Gasteiger partial charge in [0.05, 0.1) is 18.1 Å². The predicted octanol–water partition coefficient (Wildman–Crippen LogP) is 2.81. The summed E-state index contributed by atoms with van der Waals surface area (Å²) in [7, 11) is 4.42. The van der Waals surface area contributed by atoms with Gasteiger partial charge in [-0.2, -0.15) is 0 Å². The van der Waals surface area contributed by atoms with Crippen molar-refractivity contribution in [2.75, 3.05) is 14.1 Å². The molecule has 2 aliphatic carbocycles. The summed E-state index contributed by atoms with van der Waals surface area (Å²) in [4.78, 5) is 7.75. The first-order valence-electron chi connectivity index (χ1n) is 9.75. The highest BCUT2D eigenvalue weighted by atomic mass is 15.2. The topological polar surface area (TPSA) is 32.2 Å². The Hall–Kier alpha value is -0.570. The molecule has 0 aromatic rings. The molecule has 0 spiro atoms. The fraction of sp³-hybridized carbons (Fsp3) is 0.947. The Morgan fingerprint density at radius 3 is 2.36 bits per heavy atom. The van der Waals surface area contributed by atoms with Crippen LogP contribution in [0, 0.1) is 11.8 Å². The van der Waals surface area contributed by atoms with E-state index in [-0.39, 0.29) is 0 Å². The van der Waals surface area contributed by atoms with Crippen LogP contribution in [0.4, 0.5) is 0 Å². The van der Waals surface area contributed by atoms with Crippen molar-refractivity contribution < 1.29 is 5.32 Å². The lowest BCUT2D eigenvalue weighted by molar-refractivity contribution is -0.736. The number of amidine groups is 1. The number of hydrogen-bond acceptors (Lipinski definition) is 1. The van der Waals surface area contributed by atoms with Gasteiger partial charge in [0.25, 0.3) is 0 Å². The van der Waals surface area contributed by atoms with E-state index < -0.39 is 0 Å². The number of fused-ring (bicyclic) bond motifs is 1. The average molecular weight is 307 g/mol. The number of nitrogens with two attached hydrogens (primary N) is 1. The average Bonchev–Trinajstić information content (AvgIpc) is 2.52. The van der Waals surface area contributed by atoms with E-state index in [1.165, 1.54) is 70.0 Å². The number of hydrogen-bond donors (Lipinski definition) is 1. The minimum Gasteiger partial charge on any atom is -0.366 e. The Labute approximate surface area is 136 Å². The fourth-order valence-electron chi connectivity index (χ4n) is 5.23. The second-order valence-corrected chi connectivity index (χ2v) is 8.30. The van der Waals surface area contributed by atoms with Crippen LogP contribution in [-0.2, 0) is 0 Å². The van der Waals surface area contributed by atoms with Gasteiger partial charge in [0.2, 0.25) is 0 Å². The quantitative estimate of drug-likeness (QED) is 0.617. The van der Waals surface area contributed by atoms with E-state index in [2.05, 4.69) is 31.2 Å². The van der Waals surface area contributed by atoms with E-state index in [0.717, 1.165) is 23.9 Å². The number of nitrogens with zero attached hydrogens (tertiary/aromatic N) is 2. The van der Waals surface area contributed by atoms with Crippen LogP contribution in [0.3, 0.4) is 0 Å². The van der Waals surface area contributed by atoms with E-state index in [0.29, 0.717) is 6.04 Å². The van der Waals surface area contributed by atoms with E-state index in [1.807, 2.05) is 0 Å². The van der Waals surface area contributed by atoms with Crippen LogP contribution in [0.1, 0.15) is 71.1 Å². The molecule has 3 rings (SSSR count). The van der Waals surface area contributed by atoms with Crippen molar-refractivity contribution in [2.45, 2.75) is 89.3 Å². The molecule has 3 nitrogen and oxygen atoms in total. The normalized spacial score (nSPS) is 37.7. The van der Waals surface area contributed by atoms with Crippen molar-refractivity contribution in [2.24, 2.45) is 16.8 Å². The number of quaternary nitrogens is 1. The molecule has 2 saturated carbocycles. The van der Waals surface area contributed by atoms with Gasteiger partial charge in [0, 0.05) is 32.4 Å². The smallest absolute Gasteiger partial charge is 0.102 e. The molecule has 3 heteroatoms. The highest BCUT2D eigenvalue weighted by molar-refractivity contribution is 5.84. The summed E-state index contributed by atoms with van der Waals surface area (Å²) in [5.74, 6) is 2.98. The molecule has 0 amide bonds. The highest BCUT2D eigenvalue weighted by Crippen LogP contribution is 2.33. The molecule has 0 radical (unpaired) electrons. The van der Waals surface area contributed by atoms with Crippen molar-refractivity contribution in [3.63, 3.8) is 0 Å². The Bertz CT molecular complexity index is 384. The van der Waals surface area contributed by atoms with E-state index in [9.17, 15) is 0 Å². The molecular formula is C19H36N3+. The fourth-order valence-corrected chi connectivity index (χ4v) is 5.23. The van der Waals surface area contributed by atoms with Crippen molar-refractivity contribution in [3.8, 4) is 0 Å². The van der Waals surface area contributed by atoms with Crippen LogP contribution in [-0.4, -0.2) is 43.0 Å². The molecule has 0 aromatic carbocycles. The Balaban J connectivity index is 1.78. The molecule has 4 atom stereocenters. The van der Waals surface area contributed by atoms with Crippen LogP contribution in [0.5, 0.6) is 0 Å². The summed E-state index contributed by atoms with van der Waals surface area (Å²) >= 11 is 0. The minimum atomic E-state index is 0.588. The molecule has 1 heterocycles. The van der Waals surface area contributed by atoms with E-state index in [4.69, 9.17) is 4.99 Å². The molecule has 4 unspecified atom stereocenters. The van der Waals surface area contributed by atoms with E-state index >= 15 is 0 Å². The summed E-state index contributed by atoms with van der Waals surface area (Å²) in [5, 5.41) is 2.66. The first-order valence-corrected chi connectivity index (χ1v) is 9.75. The molecule has 0 bridgehead atoms. The van der Waals surface area contributed by atoms with Crippen molar-refractivity contribution in [1.82, 2.24) is 4.90 Å². The van der Waals surface area contributed by atoms with Crippen LogP contribution in [0.25, 0.3) is 0 Å². The van der Waals surface area contributed by atoms with Gasteiger partial charge in [-0.05, 0) is 39.0 Å². The monoisotopic (exact) mass is 306 g/mol. The second-order valence-electron chi connectivity index (χ2n) is 8.30. The van der Waals surface area contributed by atoms with Gasteiger partial charge in [-0.3, -0.25) is 4.99 Å². The summed E-state index contributed by atoms with van der Waals surface area (Å²) in [6.07, 6.45) is 13.9. The van der Waals surface area contributed by atoms with Gasteiger partial charge >= 0.3 is 0 Å². The third-order valence-corrected chi connectivity index (χ3v) is 6.28. The third kappa shape index (κ3) is 3.67. The van der Waals surface area contributed by atoms with Gasteiger partial charge in [0.1, 0.15) is 5.84 Å². The van der Waals surface area contributed by atoms with Gasteiger partial charge in [0.15, 0.2) is 0 Å². The maximum absolute atomic E-state index is 5.42. The highest BCUT2D eigenvalue weighted by Gasteiger charge is 2.41. The molecule has 1 saturated heterocycles. The molecule has 3 aliphatic rings. The van der Waals surface area contributed by atoms with Gasteiger partial charge < -0.3 is 10.2 Å². The molecule has 1 aliphatic heterocycles. The van der Waals surface area contributed by atoms with Crippen LogP contribution in [0.15, 0.2) is 4.99 Å². The van der Waals surface area contributed by atoms with Crippen molar-refractivity contribution in [1.29, 1.82) is 0 Å². The Morgan fingerprint density at radius 2 is 1.64 bits per heavy atom. The third-order valence-electron chi connectivity index (χ3n) is 6.28. The van der Waals surface area contributed by atoms with Crippen LogP contribution >= 0.6 is 0 Å². The zero-order valence-electron chi connectivity index (χ0n) is 14.9. The molecule has 3 fully saturated rings. The van der Waals surface area contributed by atoms with Crippen molar-refractivity contribution >= 4 is 5.84 Å². The molecule has 2 N–H and O–H groups in total. The molecular weight excluding hydrogens is 270 g/mol. The van der Waals surface area contributed by atoms with Gasteiger partial charge in [-0.1, -0.05) is 25.7 Å². The molecule has 22 heavy (non-hydrogen) atoms. The lowest BCUT2D eigenvalue weighted by Crippen LogP contribution is -2.98. The lowest BCUT2D eigenvalue weighted by Gasteiger charge is -2.41. The maximum atomic E-state index is 5.42. The number of aliphatic imine (C=N–C) groups is 1.